The number of ether oxygens (including phenoxy) is 1. The molecule has 6 nitrogen and oxygen atoms in total. The summed E-state index contributed by atoms with van der Waals surface area (Å²) >= 11 is 0. The molecule has 2 fully saturated rings. The van der Waals surface area contributed by atoms with Crippen LogP contribution >= 0.6 is 0 Å². The second-order valence-electron chi connectivity index (χ2n) is 7.89. The minimum absolute atomic E-state index is 0.0725. The van der Waals surface area contributed by atoms with Crippen LogP contribution in [0.5, 0.6) is 0 Å². The van der Waals surface area contributed by atoms with Crippen LogP contribution in [0.4, 0.5) is 0 Å². The van der Waals surface area contributed by atoms with Gasteiger partial charge in [0.05, 0.1) is 18.9 Å². The monoisotopic (exact) mass is 387 g/mol. The fourth-order valence-corrected chi connectivity index (χ4v) is 4.34. The Morgan fingerprint density at radius 3 is 2.57 bits per heavy atom. The highest BCUT2D eigenvalue weighted by Gasteiger charge is 2.32. The molecule has 1 aromatic carbocycles. The molecule has 6 heteroatoms. The first-order valence-electron chi connectivity index (χ1n) is 10.5. The number of amides is 2. The Hall–Kier alpha value is -1.92. The molecule has 2 amide bonds. The number of piperidine rings is 2. The highest BCUT2D eigenvalue weighted by molar-refractivity contribution is 5.79. The molecule has 154 valence electrons. The average molecular weight is 388 g/mol. The van der Waals surface area contributed by atoms with Crippen molar-refractivity contribution in [3.05, 3.63) is 35.9 Å². The summed E-state index contributed by atoms with van der Waals surface area (Å²) < 4.78 is 5.01. The Balaban J connectivity index is 1.43. The van der Waals surface area contributed by atoms with E-state index < -0.39 is 0 Å². The Morgan fingerprint density at radius 1 is 1.11 bits per heavy atom. The van der Waals surface area contributed by atoms with E-state index in [0.717, 1.165) is 57.4 Å². The number of methoxy groups -OCH3 is 1. The highest BCUT2D eigenvalue weighted by atomic mass is 16.5. The quantitative estimate of drug-likeness (QED) is 0.724. The molecule has 0 aliphatic carbocycles. The van der Waals surface area contributed by atoms with Crippen LogP contribution < -0.4 is 5.32 Å². The first kappa shape index (κ1) is 20.8. The molecule has 0 radical (unpaired) electrons. The molecule has 1 atom stereocenters. The van der Waals surface area contributed by atoms with Gasteiger partial charge in [0.1, 0.15) is 0 Å². The van der Waals surface area contributed by atoms with Crippen molar-refractivity contribution in [3.63, 3.8) is 0 Å². The maximum atomic E-state index is 12.6. The molecular formula is C22H33N3O3. The molecule has 3 rings (SSSR count). The third-order valence-electron chi connectivity index (χ3n) is 5.96. The summed E-state index contributed by atoms with van der Waals surface area (Å²) in [6.07, 6.45) is 4.51. The van der Waals surface area contributed by atoms with Gasteiger partial charge in [-0.15, -0.1) is 0 Å². The van der Waals surface area contributed by atoms with Gasteiger partial charge in [0.25, 0.3) is 0 Å². The van der Waals surface area contributed by atoms with Gasteiger partial charge in [-0.2, -0.15) is 0 Å². The van der Waals surface area contributed by atoms with E-state index >= 15 is 0 Å². The van der Waals surface area contributed by atoms with E-state index in [0.29, 0.717) is 25.6 Å². The molecule has 0 aromatic heterocycles. The van der Waals surface area contributed by atoms with Gasteiger partial charge in [-0.1, -0.05) is 30.3 Å². The van der Waals surface area contributed by atoms with Gasteiger partial charge < -0.3 is 15.0 Å². The lowest BCUT2D eigenvalue weighted by atomic mass is 9.93. The lowest BCUT2D eigenvalue weighted by Crippen LogP contribution is -2.51. The number of hydrogen-bond acceptors (Lipinski definition) is 4. The van der Waals surface area contributed by atoms with Crippen molar-refractivity contribution in [3.8, 4) is 0 Å². The molecule has 0 saturated carbocycles. The summed E-state index contributed by atoms with van der Waals surface area (Å²) in [5.41, 5.74) is 1.08. The van der Waals surface area contributed by atoms with Crippen molar-refractivity contribution in [2.24, 2.45) is 5.92 Å². The fraction of sp³-hybridized carbons (Fsp3) is 0.636. The van der Waals surface area contributed by atoms with Gasteiger partial charge in [0.2, 0.25) is 11.8 Å². The summed E-state index contributed by atoms with van der Waals surface area (Å²) in [6.45, 7) is 4.66. The summed E-state index contributed by atoms with van der Waals surface area (Å²) in [5.74, 6) is 0.444. The van der Waals surface area contributed by atoms with Crippen LogP contribution in [-0.4, -0.2) is 74.1 Å². The van der Waals surface area contributed by atoms with Crippen molar-refractivity contribution in [2.45, 2.75) is 38.1 Å². The van der Waals surface area contributed by atoms with Gasteiger partial charge in [-0.05, 0) is 37.8 Å². The van der Waals surface area contributed by atoms with E-state index in [4.69, 9.17) is 4.74 Å². The maximum Gasteiger partial charge on any atom is 0.226 e. The molecule has 28 heavy (non-hydrogen) atoms. The molecule has 2 aliphatic rings. The molecule has 2 heterocycles. The molecule has 1 N–H and O–H groups in total. The lowest BCUT2D eigenvalue weighted by Gasteiger charge is -2.42. The van der Waals surface area contributed by atoms with Crippen LogP contribution in [0.1, 0.15) is 31.2 Å². The van der Waals surface area contributed by atoms with Crippen LogP contribution in [0, 0.1) is 5.92 Å². The van der Waals surface area contributed by atoms with Crippen molar-refractivity contribution in [1.82, 2.24) is 15.1 Å². The van der Waals surface area contributed by atoms with E-state index in [1.165, 1.54) is 0 Å². The second-order valence-corrected chi connectivity index (χ2v) is 7.89. The number of nitrogens with one attached hydrogen (secondary N) is 1. The average Bonchev–Trinajstić information content (AvgIpc) is 2.75. The number of benzene rings is 1. The molecule has 0 bridgehead atoms. The minimum Gasteiger partial charge on any atom is -0.383 e. The Morgan fingerprint density at radius 2 is 1.86 bits per heavy atom. The number of carbonyl (C=O) groups is 2. The van der Waals surface area contributed by atoms with Crippen molar-refractivity contribution in [2.75, 3.05) is 46.4 Å². The van der Waals surface area contributed by atoms with Gasteiger partial charge in [-0.25, -0.2) is 0 Å². The summed E-state index contributed by atoms with van der Waals surface area (Å²) in [5, 5.41) is 2.98. The van der Waals surface area contributed by atoms with Crippen LogP contribution in [0.2, 0.25) is 0 Å². The minimum atomic E-state index is 0.0725. The van der Waals surface area contributed by atoms with Gasteiger partial charge in [0.15, 0.2) is 0 Å². The number of carbonyl (C=O) groups excluding carboxylic acids is 2. The second kappa shape index (κ2) is 10.6. The van der Waals surface area contributed by atoms with E-state index in [1.807, 2.05) is 35.2 Å². The summed E-state index contributed by atoms with van der Waals surface area (Å²) in [6, 6.07) is 10.4. The van der Waals surface area contributed by atoms with Gasteiger partial charge in [-0.3, -0.25) is 14.5 Å². The largest absolute Gasteiger partial charge is 0.383 e. The Bertz CT molecular complexity index is 629. The zero-order valence-electron chi connectivity index (χ0n) is 16.9. The van der Waals surface area contributed by atoms with Gasteiger partial charge in [0, 0.05) is 39.3 Å². The fourth-order valence-electron chi connectivity index (χ4n) is 4.34. The van der Waals surface area contributed by atoms with Crippen LogP contribution in [0.15, 0.2) is 30.3 Å². The smallest absolute Gasteiger partial charge is 0.226 e. The Kier molecular flexibility index (Phi) is 7.86. The van der Waals surface area contributed by atoms with Crippen LogP contribution in [-0.2, 0) is 20.7 Å². The Labute approximate surface area is 168 Å². The molecule has 0 spiro atoms. The summed E-state index contributed by atoms with van der Waals surface area (Å²) in [7, 11) is 1.64. The highest BCUT2D eigenvalue weighted by Crippen LogP contribution is 2.24. The molecule has 1 aromatic rings. The van der Waals surface area contributed by atoms with Crippen molar-refractivity contribution >= 4 is 11.8 Å². The van der Waals surface area contributed by atoms with Crippen LogP contribution in [0.25, 0.3) is 0 Å². The van der Waals surface area contributed by atoms with E-state index in [9.17, 15) is 9.59 Å². The molecule has 0 unspecified atom stereocenters. The maximum absolute atomic E-state index is 12.6. The zero-order chi connectivity index (χ0) is 19.8. The first-order chi connectivity index (χ1) is 13.7. The van der Waals surface area contributed by atoms with Crippen LogP contribution in [0.3, 0.4) is 0 Å². The molecule has 2 saturated heterocycles. The number of likely N-dealkylation sites (tertiary alicyclic amines) is 2. The molecular weight excluding hydrogens is 354 g/mol. The first-order valence-corrected chi connectivity index (χ1v) is 10.5. The SMILES string of the molecule is COCCNC(=O)[C@H]1CCCN(C2CCN(C(=O)Cc3ccccc3)CC2)C1. The molecule has 2 aliphatic heterocycles. The third kappa shape index (κ3) is 5.79. The van der Waals surface area contributed by atoms with E-state index in [-0.39, 0.29) is 17.7 Å². The third-order valence-corrected chi connectivity index (χ3v) is 5.96. The lowest BCUT2D eigenvalue weighted by molar-refractivity contribution is -0.132. The standard InChI is InChI=1S/C22H33N3O3/c1-28-15-11-23-22(27)19-8-5-12-25(17-19)20-9-13-24(14-10-20)21(26)16-18-6-3-2-4-7-18/h2-4,6-7,19-20H,5,8-17H2,1H3,(H,23,27)/t19-/m0/s1. The summed E-state index contributed by atoms with van der Waals surface area (Å²) in [4.78, 5) is 29.4. The predicted octanol–water partition coefficient (Wildman–Crippen LogP) is 1.69. The topological polar surface area (TPSA) is 61.9 Å². The van der Waals surface area contributed by atoms with Crippen molar-refractivity contribution in [1.29, 1.82) is 0 Å². The van der Waals surface area contributed by atoms with Crippen molar-refractivity contribution < 1.29 is 14.3 Å². The van der Waals surface area contributed by atoms with E-state index in [2.05, 4.69) is 10.2 Å². The normalized spacial score (nSPS) is 21.5. The number of nitrogens with zero attached hydrogens (tertiary/aromatic N) is 2. The predicted molar refractivity (Wildman–Crippen MR) is 109 cm³/mol. The van der Waals surface area contributed by atoms with Gasteiger partial charge >= 0.3 is 0 Å². The number of hydrogen-bond donors (Lipinski definition) is 1. The number of rotatable bonds is 7. The van der Waals surface area contributed by atoms with E-state index in [1.54, 1.807) is 7.11 Å². The zero-order valence-corrected chi connectivity index (χ0v) is 16.9.